The second kappa shape index (κ2) is 7.47. The van der Waals surface area contributed by atoms with Crippen LogP contribution in [0.4, 0.5) is 0 Å². The molecule has 1 aliphatic rings. The first-order chi connectivity index (χ1) is 10.5. The molecule has 1 aliphatic heterocycles. The number of hydrogen-bond donors (Lipinski definition) is 1. The normalized spacial score (nSPS) is 18.8. The Hall–Kier alpha value is -1.78. The van der Waals surface area contributed by atoms with Crippen LogP contribution < -0.4 is 5.32 Å². The molecule has 1 fully saturated rings. The number of nitrogens with one attached hydrogen (secondary N) is 1. The predicted octanol–water partition coefficient (Wildman–Crippen LogP) is 1.58. The van der Waals surface area contributed by atoms with Crippen LogP contribution in [-0.4, -0.2) is 40.9 Å². The first-order valence-electron chi connectivity index (χ1n) is 8.13. The number of aromatic nitrogens is 1. The number of aryl methyl sites for hydroxylation is 1. The van der Waals surface area contributed by atoms with Crippen molar-refractivity contribution in [2.75, 3.05) is 19.6 Å². The fraction of sp³-hybridized carbons (Fsp3) is 0.647. The third-order valence-corrected chi connectivity index (χ3v) is 4.19. The second-order valence-electron chi connectivity index (χ2n) is 6.58. The Morgan fingerprint density at radius 3 is 2.86 bits per heavy atom. The van der Waals surface area contributed by atoms with Gasteiger partial charge in [0.25, 0.3) is 0 Å². The molecule has 22 heavy (non-hydrogen) atoms. The Morgan fingerprint density at radius 2 is 2.23 bits per heavy atom. The summed E-state index contributed by atoms with van der Waals surface area (Å²) in [6.45, 7) is 6.14. The molecule has 0 spiro atoms. The Morgan fingerprint density at radius 1 is 1.45 bits per heavy atom. The van der Waals surface area contributed by atoms with Crippen LogP contribution in [0.2, 0.25) is 0 Å². The van der Waals surface area contributed by atoms with E-state index >= 15 is 0 Å². The monoisotopic (exact) mass is 305 g/mol. The van der Waals surface area contributed by atoms with Crippen LogP contribution in [0, 0.1) is 11.8 Å². The van der Waals surface area contributed by atoms with Crippen molar-refractivity contribution in [2.45, 2.75) is 33.1 Å². The zero-order valence-corrected chi connectivity index (χ0v) is 13.8. The molecule has 1 aromatic heterocycles. The lowest BCUT2D eigenvalue weighted by Crippen LogP contribution is -2.47. The average molecular weight is 305 g/mol. The van der Waals surface area contributed by atoms with Crippen molar-refractivity contribution in [3.8, 4) is 0 Å². The number of likely N-dealkylation sites (tertiary alicyclic amines) is 1. The van der Waals surface area contributed by atoms with E-state index in [9.17, 15) is 9.59 Å². The molecular weight excluding hydrogens is 278 g/mol. The van der Waals surface area contributed by atoms with E-state index in [1.165, 1.54) is 5.69 Å². The smallest absolute Gasteiger partial charge is 0.224 e. The summed E-state index contributed by atoms with van der Waals surface area (Å²) in [5.74, 6) is 0.630. The standard InChI is InChI=1S/C17H27N3O2/c1-13(2)11-20-12-14(6-7-16(20)21)17(22)18-9-8-15-5-4-10-19(15)3/h4-5,10,13-14H,6-9,11-12H2,1-3H3,(H,18,22)/t14-/m1/s1. The van der Waals surface area contributed by atoms with Crippen LogP contribution in [0.1, 0.15) is 32.4 Å². The Bertz CT molecular complexity index is 522. The number of carbonyl (C=O) groups is 2. The van der Waals surface area contributed by atoms with Crippen LogP contribution in [-0.2, 0) is 23.1 Å². The molecule has 1 atom stereocenters. The van der Waals surface area contributed by atoms with E-state index in [0.717, 1.165) is 13.0 Å². The van der Waals surface area contributed by atoms with Gasteiger partial charge >= 0.3 is 0 Å². The Labute approximate surface area is 132 Å². The maximum absolute atomic E-state index is 12.3. The Kier molecular flexibility index (Phi) is 5.63. The minimum absolute atomic E-state index is 0.0649. The highest BCUT2D eigenvalue weighted by atomic mass is 16.2. The molecule has 0 aromatic carbocycles. The summed E-state index contributed by atoms with van der Waals surface area (Å²) in [7, 11) is 2.01. The molecule has 122 valence electrons. The fourth-order valence-corrected chi connectivity index (χ4v) is 2.96. The van der Waals surface area contributed by atoms with Gasteiger partial charge in [-0.05, 0) is 24.5 Å². The van der Waals surface area contributed by atoms with Gasteiger partial charge in [0.15, 0.2) is 0 Å². The van der Waals surface area contributed by atoms with Gasteiger partial charge in [-0.3, -0.25) is 9.59 Å². The molecule has 0 radical (unpaired) electrons. The van der Waals surface area contributed by atoms with Crippen molar-refractivity contribution in [1.82, 2.24) is 14.8 Å². The number of carbonyl (C=O) groups excluding carboxylic acids is 2. The summed E-state index contributed by atoms with van der Waals surface area (Å²) in [4.78, 5) is 26.0. The predicted molar refractivity (Wildman–Crippen MR) is 86.3 cm³/mol. The minimum atomic E-state index is -0.0649. The molecule has 1 saturated heterocycles. The van der Waals surface area contributed by atoms with Gasteiger partial charge in [-0.2, -0.15) is 0 Å². The van der Waals surface area contributed by atoms with E-state index in [-0.39, 0.29) is 17.7 Å². The lowest BCUT2D eigenvalue weighted by molar-refractivity contribution is -0.138. The van der Waals surface area contributed by atoms with Gasteiger partial charge < -0.3 is 14.8 Å². The molecule has 2 amide bonds. The molecule has 2 rings (SSSR count). The summed E-state index contributed by atoms with van der Waals surface area (Å²) >= 11 is 0. The lowest BCUT2D eigenvalue weighted by Gasteiger charge is -2.33. The zero-order valence-electron chi connectivity index (χ0n) is 13.8. The van der Waals surface area contributed by atoms with E-state index in [4.69, 9.17) is 0 Å². The highest BCUT2D eigenvalue weighted by Gasteiger charge is 2.30. The maximum atomic E-state index is 12.3. The number of amides is 2. The fourth-order valence-electron chi connectivity index (χ4n) is 2.96. The van der Waals surface area contributed by atoms with E-state index in [1.54, 1.807) is 0 Å². The molecule has 0 saturated carbocycles. The Balaban J connectivity index is 1.79. The molecule has 5 heteroatoms. The van der Waals surface area contributed by atoms with Gasteiger partial charge in [0.1, 0.15) is 0 Å². The highest BCUT2D eigenvalue weighted by Crippen LogP contribution is 2.19. The minimum Gasteiger partial charge on any atom is -0.355 e. The van der Waals surface area contributed by atoms with Crippen LogP contribution >= 0.6 is 0 Å². The van der Waals surface area contributed by atoms with Crippen molar-refractivity contribution in [3.05, 3.63) is 24.0 Å². The summed E-state index contributed by atoms with van der Waals surface area (Å²) in [6.07, 6.45) is 4.00. The number of nitrogens with zero attached hydrogens (tertiary/aromatic N) is 2. The van der Waals surface area contributed by atoms with Crippen LogP contribution in [0.15, 0.2) is 18.3 Å². The summed E-state index contributed by atoms with van der Waals surface area (Å²) in [6, 6.07) is 4.07. The van der Waals surface area contributed by atoms with Crippen molar-refractivity contribution in [1.29, 1.82) is 0 Å². The lowest BCUT2D eigenvalue weighted by atomic mass is 9.95. The van der Waals surface area contributed by atoms with Crippen molar-refractivity contribution < 1.29 is 9.59 Å². The average Bonchev–Trinajstić information content (AvgIpc) is 2.86. The van der Waals surface area contributed by atoms with Crippen molar-refractivity contribution in [3.63, 3.8) is 0 Å². The molecule has 1 aromatic rings. The van der Waals surface area contributed by atoms with Crippen LogP contribution in [0.5, 0.6) is 0 Å². The van der Waals surface area contributed by atoms with Gasteiger partial charge in [-0.25, -0.2) is 0 Å². The maximum Gasteiger partial charge on any atom is 0.224 e. The molecule has 1 N–H and O–H groups in total. The van der Waals surface area contributed by atoms with E-state index in [1.807, 2.05) is 24.2 Å². The van der Waals surface area contributed by atoms with Crippen molar-refractivity contribution >= 4 is 11.8 Å². The topological polar surface area (TPSA) is 54.3 Å². The van der Waals surface area contributed by atoms with Crippen LogP contribution in [0.25, 0.3) is 0 Å². The van der Waals surface area contributed by atoms with Gasteiger partial charge in [0.05, 0.1) is 5.92 Å². The summed E-state index contributed by atoms with van der Waals surface area (Å²) in [5.41, 5.74) is 1.21. The molecular formula is C17H27N3O2. The molecule has 5 nitrogen and oxygen atoms in total. The van der Waals surface area contributed by atoms with E-state index in [0.29, 0.717) is 31.8 Å². The number of rotatable bonds is 6. The zero-order chi connectivity index (χ0) is 16.1. The molecule has 2 heterocycles. The largest absolute Gasteiger partial charge is 0.355 e. The summed E-state index contributed by atoms with van der Waals surface area (Å²) in [5, 5.41) is 3.02. The SMILES string of the molecule is CC(C)CN1C[C@H](C(=O)NCCc2cccn2C)CCC1=O. The van der Waals surface area contributed by atoms with Gasteiger partial charge in [0.2, 0.25) is 11.8 Å². The molecule has 0 unspecified atom stereocenters. The third kappa shape index (κ3) is 4.36. The summed E-state index contributed by atoms with van der Waals surface area (Å²) < 4.78 is 2.07. The number of piperidine rings is 1. The second-order valence-corrected chi connectivity index (χ2v) is 6.58. The molecule has 0 aliphatic carbocycles. The van der Waals surface area contributed by atoms with Gasteiger partial charge in [0, 0.05) is 51.4 Å². The van der Waals surface area contributed by atoms with Gasteiger partial charge in [-0.15, -0.1) is 0 Å². The molecule has 0 bridgehead atoms. The van der Waals surface area contributed by atoms with E-state index < -0.39 is 0 Å². The number of hydrogen-bond acceptors (Lipinski definition) is 2. The van der Waals surface area contributed by atoms with Crippen LogP contribution in [0.3, 0.4) is 0 Å². The highest BCUT2D eigenvalue weighted by molar-refractivity contribution is 5.83. The quantitative estimate of drug-likeness (QED) is 0.867. The third-order valence-electron chi connectivity index (χ3n) is 4.19. The van der Waals surface area contributed by atoms with Gasteiger partial charge in [-0.1, -0.05) is 13.8 Å². The first-order valence-corrected chi connectivity index (χ1v) is 8.13. The van der Waals surface area contributed by atoms with E-state index in [2.05, 4.69) is 29.8 Å². The van der Waals surface area contributed by atoms with Crippen molar-refractivity contribution in [2.24, 2.45) is 18.9 Å². The first kappa shape index (κ1) is 16.6.